The van der Waals surface area contributed by atoms with Gasteiger partial charge in [0.05, 0.1) is 5.02 Å². The Morgan fingerprint density at radius 3 is 2.74 bits per heavy atom. The summed E-state index contributed by atoms with van der Waals surface area (Å²) in [6.45, 7) is 0.438. The number of carbonyl (C=O) groups excluding carboxylic acids is 1. The highest BCUT2D eigenvalue weighted by molar-refractivity contribution is 14.1. The number of benzene rings is 2. The summed E-state index contributed by atoms with van der Waals surface area (Å²) in [6.07, 6.45) is 0. The van der Waals surface area contributed by atoms with Gasteiger partial charge in [0.1, 0.15) is 0 Å². The normalized spacial score (nSPS) is 10.2. The number of nitrogen functional groups attached to an aromatic ring is 1. The molecule has 0 unspecified atom stereocenters. The van der Waals surface area contributed by atoms with E-state index in [4.69, 9.17) is 17.3 Å². The Hall–Kier alpha value is -1.27. The lowest BCUT2D eigenvalue weighted by Crippen LogP contribution is -2.22. The van der Waals surface area contributed by atoms with E-state index in [1.165, 1.54) is 0 Å². The fourth-order valence-electron chi connectivity index (χ4n) is 1.62. The largest absolute Gasteiger partial charge is 0.399 e. The van der Waals surface area contributed by atoms with Crippen LogP contribution in [0.1, 0.15) is 15.9 Å². The van der Waals surface area contributed by atoms with E-state index in [2.05, 4.69) is 27.9 Å². The van der Waals surface area contributed by atoms with Crippen molar-refractivity contribution in [3.8, 4) is 0 Å². The molecule has 3 nitrogen and oxygen atoms in total. The summed E-state index contributed by atoms with van der Waals surface area (Å²) in [5.74, 6) is -0.152. The molecular formula is C14H12ClIN2O. The molecule has 0 spiro atoms. The molecule has 0 aromatic heterocycles. The van der Waals surface area contributed by atoms with Crippen LogP contribution in [0.15, 0.2) is 42.5 Å². The molecule has 0 aliphatic carbocycles. The van der Waals surface area contributed by atoms with Crippen LogP contribution in [0.2, 0.25) is 5.02 Å². The van der Waals surface area contributed by atoms with Crippen molar-refractivity contribution < 1.29 is 4.79 Å². The Balaban J connectivity index is 2.03. The monoisotopic (exact) mass is 386 g/mol. The first-order chi connectivity index (χ1) is 9.06. The predicted molar refractivity (Wildman–Crippen MR) is 86.2 cm³/mol. The van der Waals surface area contributed by atoms with Crippen molar-refractivity contribution in [3.63, 3.8) is 0 Å². The van der Waals surface area contributed by atoms with Crippen molar-refractivity contribution in [1.82, 2.24) is 5.32 Å². The topological polar surface area (TPSA) is 55.1 Å². The zero-order chi connectivity index (χ0) is 13.8. The zero-order valence-corrected chi connectivity index (χ0v) is 12.9. The summed E-state index contributed by atoms with van der Waals surface area (Å²) in [5, 5.41) is 3.41. The van der Waals surface area contributed by atoms with Gasteiger partial charge in [-0.3, -0.25) is 4.79 Å². The summed E-state index contributed by atoms with van der Waals surface area (Å²) in [7, 11) is 0. The van der Waals surface area contributed by atoms with Gasteiger partial charge in [-0.2, -0.15) is 0 Å². The average molecular weight is 387 g/mol. The Morgan fingerprint density at radius 1 is 1.26 bits per heavy atom. The number of nitrogens with two attached hydrogens (primary N) is 1. The van der Waals surface area contributed by atoms with E-state index in [0.29, 0.717) is 22.8 Å². The second kappa shape index (κ2) is 6.25. The van der Waals surface area contributed by atoms with Gasteiger partial charge in [-0.25, -0.2) is 0 Å². The van der Waals surface area contributed by atoms with Gasteiger partial charge < -0.3 is 11.1 Å². The number of carbonyl (C=O) groups is 1. The quantitative estimate of drug-likeness (QED) is 0.627. The van der Waals surface area contributed by atoms with Crippen LogP contribution >= 0.6 is 34.2 Å². The molecular weight excluding hydrogens is 375 g/mol. The fourth-order valence-corrected chi connectivity index (χ4v) is 2.14. The Bertz CT molecular complexity index is 616. The standard InChI is InChI=1S/C14H12ClIN2O/c15-12-7-10(4-5-13(12)16)14(19)18-8-9-2-1-3-11(17)6-9/h1-7H,8,17H2,(H,18,19). The molecule has 3 N–H and O–H groups in total. The van der Waals surface area contributed by atoms with Gasteiger partial charge in [0.25, 0.3) is 5.91 Å². The van der Waals surface area contributed by atoms with Crippen molar-refractivity contribution in [2.24, 2.45) is 0 Å². The van der Waals surface area contributed by atoms with Crippen molar-refractivity contribution in [2.45, 2.75) is 6.54 Å². The lowest BCUT2D eigenvalue weighted by molar-refractivity contribution is 0.0951. The predicted octanol–water partition coefficient (Wildman–Crippen LogP) is 3.46. The molecule has 0 aliphatic heterocycles. The minimum absolute atomic E-state index is 0.152. The van der Waals surface area contributed by atoms with Crippen LogP contribution in [0.25, 0.3) is 0 Å². The third-order valence-corrected chi connectivity index (χ3v) is 4.16. The number of hydrogen-bond donors (Lipinski definition) is 2. The lowest BCUT2D eigenvalue weighted by Gasteiger charge is -2.07. The van der Waals surface area contributed by atoms with Gasteiger partial charge in [0.2, 0.25) is 0 Å². The molecule has 19 heavy (non-hydrogen) atoms. The first-order valence-electron chi connectivity index (χ1n) is 5.64. The molecule has 2 aromatic carbocycles. The van der Waals surface area contributed by atoms with Crippen LogP contribution in [-0.4, -0.2) is 5.91 Å². The molecule has 98 valence electrons. The summed E-state index contributed by atoms with van der Waals surface area (Å²) >= 11 is 8.11. The van der Waals surface area contributed by atoms with Crippen LogP contribution in [0.5, 0.6) is 0 Å². The molecule has 0 saturated heterocycles. The van der Waals surface area contributed by atoms with Crippen molar-refractivity contribution in [2.75, 3.05) is 5.73 Å². The maximum absolute atomic E-state index is 12.0. The first kappa shape index (κ1) is 14.1. The van der Waals surface area contributed by atoms with Crippen LogP contribution in [-0.2, 0) is 6.54 Å². The molecule has 0 aliphatic rings. The van der Waals surface area contributed by atoms with Crippen molar-refractivity contribution >= 4 is 45.8 Å². The minimum Gasteiger partial charge on any atom is -0.399 e. The van der Waals surface area contributed by atoms with Gasteiger partial charge >= 0.3 is 0 Å². The first-order valence-corrected chi connectivity index (χ1v) is 7.09. The van der Waals surface area contributed by atoms with Gasteiger partial charge in [0, 0.05) is 21.4 Å². The van der Waals surface area contributed by atoms with E-state index in [1.54, 1.807) is 12.1 Å². The highest BCUT2D eigenvalue weighted by Crippen LogP contribution is 2.19. The fraction of sp³-hybridized carbons (Fsp3) is 0.0714. The summed E-state index contributed by atoms with van der Waals surface area (Å²) in [6, 6.07) is 12.7. The van der Waals surface area contributed by atoms with E-state index < -0.39 is 0 Å². The lowest BCUT2D eigenvalue weighted by atomic mass is 10.2. The average Bonchev–Trinajstić information content (AvgIpc) is 2.39. The van der Waals surface area contributed by atoms with Gasteiger partial charge in [0.15, 0.2) is 0 Å². The molecule has 5 heteroatoms. The molecule has 0 saturated carbocycles. The number of rotatable bonds is 3. The van der Waals surface area contributed by atoms with E-state index in [-0.39, 0.29) is 5.91 Å². The molecule has 0 heterocycles. The number of halogens is 2. The van der Waals surface area contributed by atoms with E-state index >= 15 is 0 Å². The molecule has 0 fully saturated rings. The highest BCUT2D eigenvalue weighted by atomic mass is 127. The Kier molecular flexibility index (Phi) is 4.66. The van der Waals surface area contributed by atoms with Crippen LogP contribution in [0, 0.1) is 3.57 Å². The Labute approximate surface area is 130 Å². The SMILES string of the molecule is Nc1cccc(CNC(=O)c2ccc(I)c(Cl)c2)c1. The van der Waals surface area contributed by atoms with Crippen molar-refractivity contribution in [1.29, 1.82) is 0 Å². The molecule has 1 amide bonds. The van der Waals surface area contributed by atoms with Crippen LogP contribution < -0.4 is 11.1 Å². The summed E-state index contributed by atoms with van der Waals surface area (Å²) in [5.41, 5.74) is 7.88. The second-order valence-electron chi connectivity index (χ2n) is 4.06. The second-order valence-corrected chi connectivity index (χ2v) is 5.63. The molecule has 0 radical (unpaired) electrons. The Morgan fingerprint density at radius 2 is 2.05 bits per heavy atom. The molecule has 0 bridgehead atoms. The third kappa shape index (κ3) is 3.84. The van der Waals surface area contributed by atoms with E-state index in [1.807, 2.05) is 30.3 Å². The highest BCUT2D eigenvalue weighted by Gasteiger charge is 2.07. The summed E-state index contributed by atoms with van der Waals surface area (Å²) in [4.78, 5) is 12.0. The number of hydrogen-bond acceptors (Lipinski definition) is 2. The maximum atomic E-state index is 12.0. The smallest absolute Gasteiger partial charge is 0.251 e. The number of nitrogens with one attached hydrogen (secondary N) is 1. The maximum Gasteiger partial charge on any atom is 0.251 e. The van der Waals surface area contributed by atoms with E-state index in [9.17, 15) is 4.79 Å². The van der Waals surface area contributed by atoms with Crippen LogP contribution in [0.3, 0.4) is 0 Å². The van der Waals surface area contributed by atoms with Gasteiger partial charge in [-0.05, 0) is 58.5 Å². The number of anilines is 1. The third-order valence-electron chi connectivity index (χ3n) is 2.59. The summed E-state index contributed by atoms with van der Waals surface area (Å²) < 4.78 is 0.923. The molecule has 2 aromatic rings. The van der Waals surface area contributed by atoms with E-state index in [0.717, 1.165) is 9.13 Å². The zero-order valence-electron chi connectivity index (χ0n) is 9.99. The number of amides is 1. The molecule has 0 atom stereocenters. The van der Waals surface area contributed by atoms with Crippen LogP contribution in [0.4, 0.5) is 5.69 Å². The minimum atomic E-state index is -0.152. The molecule has 2 rings (SSSR count). The van der Waals surface area contributed by atoms with Gasteiger partial charge in [-0.15, -0.1) is 0 Å². The van der Waals surface area contributed by atoms with Gasteiger partial charge in [-0.1, -0.05) is 23.7 Å². The van der Waals surface area contributed by atoms with Crippen molar-refractivity contribution in [3.05, 3.63) is 62.2 Å².